The van der Waals surface area contributed by atoms with Crippen LogP contribution in [0.15, 0.2) is 35.7 Å². The van der Waals surface area contributed by atoms with E-state index in [9.17, 15) is 9.59 Å². The monoisotopic (exact) mass is 402 g/mol. The van der Waals surface area contributed by atoms with Gasteiger partial charge in [-0.1, -0.05) is 18.2 Å². The first-order chi connectivity index (χ1) is 13.7. The molecule has 3 rings (SSSR count). The quantitative estimate of drug-likeness (QED) is 0.628. The smallest absolute Gasteiger partial charge is 0.257 e. The zero-order valence-corrected chi connectivity index (χ0v) is 16.7. The van der Waals surface area contributed by atoms with Crippen molar-refractivity contribution < 1.29 is 14.3 Å². The number of hydrogen-bond donors (Lipinski definition) is 2. The number of nitrogens with zero attached hydrogens (tertiary/aromatic N) is 2. The van der Waals surface area contributed by atoms with Crippen molar-refractivity contribution in [3.63, 3.8) is 0 Å². The molecule has 150 valence electrons. The lowest BCUT2D eigenvalue weighted by Gasteiger charge is -2.26. The molecule has 28 heavy (non-hydrogen) atoms. The molecule has 1 aromatic heterocycles. The van der Waals surface area contributed by atoms with Gasteiger partial charge in [0, 0.05) is 30.6 Å². The van der Waals surface area contributed by atoms with Gasteiger partial charge in [0.05, 0.1) is 25.3 Å². The molecule has 0 unspecified atom stereocenters. The fourth-order valence-electron chi connectivity index (χ4n) is 2.94. The molecule has 2 heterocycles. The Morgan fingerprint density at radius 2 is 1.93 bits per heavy atom. The summed E-state index contributed by atoms with van der Waals surface area (Å²) in [6.07, 6.45) is 2.24. The molecule has 1 fully saturated rings. The van der Waals surface area contributed by atoms with Gasteiger partial charge in [-0.3, -0.25) is 19.8 Å². The molecular formula is C20H26N4O3S. The van der Waals surface area contributed by atoms with Crippen LogP contribution < -0.4 is 10.6 Å². The Labute approximate surface area is 169 Å². The zero-order valence-electron chi connectivity index (χ0n) is 15.9. The Bertz CT molecular complexity index is 760. The van der Waals surface area contributed by atoms with Gasteiger partial charge in [-0.05, 0) is 31.5 Å². The molecule has 2 aromatic rings. The summed E-state index contributed by atoms with van der Waals surface area (Å²) in [7, 11) is 0. The highest BCUT2D eigenvalue weighted by Crippen LogP contribution is 2.17. The van der Waals surface area contributed by atoms with Gasteiger partial charge in [-0.15, -0.1) is 11.3 Å². The summed E-state index contributed by atoms with van der Waals surface area (Å²) in [4.78, 5) is 30.9. The molecule has 2 N–H and O–H groups in total. The van der Waals surface area contributed by atoms with E-state index in [1.165, 1.54) is 11.3 Å². The van der Waals surface area contributed by atoms with Crippen LogP contribution in [0.4, 0.5) is 5.13 Å². The number of amides is 2. The lowest BCUT2D eigenvalue weighted by molar-refractivity contribution is -0.120. The van der Waals surface area contributed by atoms with Crippen molar-refractivity contribution >= 4 is 28.3 Å². The first kappa shape index (κ1) is 20.4. The fraction of sp³-hybridized carbons (Fsp3) is 0.450. The van der Waals surface area contributed by atoms with E-state index >= 15 is 0 Å². The van der Waals surface area contributed by atoms with Crippen molar-refractivity contribution in [2.45, 2.75) is 19.3 Å². The van der Waals surface area contributed by atoms with Gasteiger partial charge in [-0.25, -0.2) is 4.98 Å². The Morgan fingerprint density at radius 1 is 1.14 bits per heavy atom. The van der Waals surface area contributed by atoms with E-state index in [1.807, 2.05) is 18.2 Å². The minimum absolute atomic E-state index is 0.0439. The number of ether oxygens (including phenoxy) is 1. The Morgan fingerprint density at radius 3 is 2.71 bits per heavy atom. The second-order valence-electron chi connectivity index (χ2n) is 6.65. The number of nitrogens with one attached hydrogen (secondary N) is 2. The van der Waals surface area contributed by atoms with Crippen LogP contribution in [-0.2, 0) is 16.0 Å². The largest absolute Gasteiger partial charge is 0.379 e. The minimum atomic E-state index is -0.203. The molecule has 0 atom stereocenters. The van der Waals surface area contributed by atoms with E-state index in [0.717, 1.165) is 45.7 Å². The van der Waals surface area contributed by atoms with E-state index in [4.69, 9.17) is 4.74 Å². The summed E-state index contributed by atoms with van der Waals surface area (Å²) in [5.41, 5.74) is 1.24. The highest BCUT2D eigenvalue weighted by molar-refractivity contribution is 7.14. The van der Waals surface area contributed by atoms with Crippen LogP contribution in [0.3, 0.4) is 0 Å². The number of anilines is 1. The van der Waals surface area contributed by atoms with Crippen LogP contribution in [0.5, 0.6) is 0 Å². The predicted molar refractivity (Wildman–Crippen MR) is 110 cm³/mol. The number of carbonyl (C=O) groups is 2. The van der Waals surface area contributed by atoms with Crippen LogP contribution in [-0.4, -0.2) is 61.1 Å². The zero-order chi connectivity index (χ0) is 19.6. The van der Waals surface area contributed by atoms with Gasteiger partial charge >= 0.3 is 0 Å². The van der Waals surface area contributed by atoms with Gasteiger partial charge in [0.1, 0.15) is 0 Å². The van der Waals surface area contributed by atoms with Crippen LogP contribution >= 0.6 is 11.3 Å². The summed E-state index contributed by atoms with van der Waals surface area (Å²) in [6.45, 7) is 5.36. The number of morpholine rings is 1. The summed E-state index contributed by atoms with van der Waals surface area (Å²) < 4.78 is 5.33. The number of benzene rings is 1. The maximum absolute atomic E-state index is 12.1. The number of carbonyl (C=O) groups excluding carboxylic acids is 2. The summed E-state index contributed by atoms with van der Waals surface area (Å²) in [5.74, 6) is -0.246. The second-order valence-corrected chi connectivity index (χ2v) is 7.51. The topological polar surface area (TPSA) is 83.6 Å². The molecule has 2 amide bonds. The molecule has 0 spiro atoms. The molecule has 0 aliphatic carbocycles. The first-order valence-corrected chi connectivity index (χ1v) is 10.5. The Hall–Kier alpha value is -2.29. The first-order valence-electron chi connectivity index (χ1n) is 9.58. The van der Waals surface area contributed by atoms with Crippen molar-refractivity contribution in [3.05, 3.63) is 47.0 Å². The molecule has 1 aliphatic heterocycles. The van der Waals surface area contributed by atoms with E-state index < -0.39 is 0 Å². The summed E-state index contributed by atoms with van der Waals surface area (Å²) in [5, 5.41) is 8.01. The van der Waals surface area contributed by atoms with Crippen molar-refractivity contribution in [2.24, 2.45) is 0 Å². The molecule has 1 aliphatic rings. The van der Waals surface area contributed by atoms with Crippen molar-refractivity contribution in [1.29, 1.82) is 0 Å². The summed E-state index contributed by atoms with van der Waals surface area (Å²) in [6, 6.07) is 8.98. The highest BCUT2D eigenvalue weighted by Gasteiger charge is 2.12. The Balaban J connectivity index is 1.33. The van der Waals surface area contributed by atoms with E-state index in [1.54, 1.807) is 17.5 Å². The van der Waals surface area contributed by atoms with E-state index in [0.29, 0.717) is 22.9 Å². The van der Waals surface area contributed by atoms with Gasteiger partial charge in [0.2, 0.25) is 5.91 Å². The number of unbranched alkanes of at least 4 members (excludes halogenated alkanes) is 1. The van der Waals surface area contributed by atoms with E-state index in [2.05, 4.69) is 20.5 Å². The number of rotatable bonds is 9. The second kappa shape index (κ2) is 10.9. The molecule has 0 bridgehead atoms. The van der Waals surface area contributed by atoms with Crippen molar-refractivity contribution in [3.8, 4) is 0 Å². The molecule has 7 nitrogen and oxygen atoms in total. The van der Waals surface area contributed by atoms with Gasteiger partial charge < -0.3 is 10.1 Å². The highest BCUT2D eigenvalue weighted by atomic mass is 32.1. The molecule has 1 aromatic carbocycles. The molecular weight excluding hydrogens is 376 g/mol. The van der Waals surface area contributed by atoms with Gasteiger partial charge in [0.25, 0.3) is 5.91 Å². The van der Waals surface area contributed by atoms with Crippen LogP contribution in [0, 0.1) is 0 Å². The normalized spacial score (nSPS) is 14.6. The van der Waals surface area contributed by atoms with Crippen molar-refractivity contribution in [1.82, 2.24) is 15.2 Å². The maximum Gasteiger partial charge on any atom is 0.257 e. The van der Waals surface area contributed by atoms with Crippen LogP contribution in [0.2, 0.25) is 0 Å². The number of hydrogen-bond acceptors (Lipinski definition) is 6. The standard InChI is InChI=1S/C20H26N4O3S/c25-18(21-8-4-5-9-24-10-12-27-13-11-24)14-17-15-28-20(22-17)23-19(26)16-6-2-1-3-7-16/h1-3,6-7,15H,4-5,8-14H2,(H,21,25)(H,22,23,26). The number of aromatic nitrogens is 1. The lowest BCUT2D eigenvalue weighted by Crippen LogP contribution is -2.37. The van der Waals surface area contributed by atoms with E-state index in [-0.39, 0.29) is 18.2 Å². The number of thiazole rings is 1. The minimum Gasteiger partial charge on any atom is -0.379 e. The average Bonchev–Trinajstić information content (AvgIpc) is 3.15. The molecule has 8 heteroatoms. The third kappa shape index (κ3) is 6.70. The molecule has 1 saturated heterocycles. The molecule has 0 radical (unpaired) electrons. The third-order valence-corrected chi connectivity index (χ3v) is 5.28. The van der Waals surface area contributed by atoms with Crippen LogP contribution in [0.25, 0.3) is 0 Å². The Kier molecular flexibility index (Phi) is 7.95. The van der Waals surface area contributed by atoms with Gasteiger partial charge in [0.15, 0.2) is 5.13 Å². The fourth-order valence-corrected chi connectivity index (χ4v) is 3.65. The van der Waals surface area contributed by atoms with Gasteiger partial charge in [-0.2, -0.15) is 0 Å². The lowest BCUT2D eigenvalue weighted by atomic mass is 10.2. The maximum atomic E-state index is 12.1. The van der Waals surface area contributed by atoms with Crippen molar-refractivity contribution in [2.75, 3.05) is 44.7 Å². The predicted octanol–water partition coefficient (Wildman–Crippen LogP) is 2.17. The van der Waals surface area contributed by atoms with Crippen LogP contribution in [0.1, 0.15) is 28.9 Å². The molecule has 0 saturated carbocycles. The average molecular weight is 403 g/mol. The third-order valence-electron chi connectivity index (χ3n) is 4.48. The summed E-state index contributed by atoms with van der Waals surface area (Å²) >= 11 is 1.32. The SMILES string of the molecule is O=C(Cc1csc(NC(=O)c2ccccc2)n1)NCCCCN1CCOCC1.